The van der Waals surface area contributed by atoms with Gasteiger partial charge in [-0.05, 0) is 50.6 Å². The fraction of sp³-hybridized carbons (Fsp3) is 0.316. The van der Waals surface area contributed by atoms with Crippen molar-refractivity contribution < 1.29 is 4.79 Å². The van der Waals surface area contributed by atoms with Crippen LogP contribution in [0.25, 0.3) is 0 Å². The van der Waals surface area contributed by atoms with Crippen molar-refractivity contribution in [1.82, 2.24) is 0 Å². The molecule has 3 heteroatoms. The van der Waals surface area contributed by atoms with E-state index < -0.39 is 0 Å². The first-order chi connectivity index (χ1) is 10.6. The van der Waals surface area contributed by atoms with Gasteiger partial charge in [0.2, 0.25) is 5.91 Å². The van der Waals surface area contributed by atoms with Gasteiger partial charge in [0, 0.05) is 24.5 Å². The van der Waals surface area contributed by atoms with Gasteiger partial charge in [-0.15, -0.1) is 0 Å². The number of carbonyl (C=O) groups excluding carboxylic acids is 1. The fourth-order valence-corrected chi connectivity index (χ4v) is 2.44. The van der Waals surface area contributed by atoms with Crippen LogP contribution in [-0.2, 0) is 11.2 Å². The smallest absolute Gasteiger partial charge is 0.228 e. The van der Waals surface area contributed by atoms with Crippen molar-refractivity contribution in [2.45, 2.75) is 27.2 Å². The van der Waals surface area contributed by atoms with E-state index in [2.05, 4.69) is 36.2 Å². The summed E-state index contributed by atoms with van der Waals surface area (Å²) in [6.07, 6.45) is 0.401. The minimum atomic E-state index is 0.0134. The standard InChI is InChI=1S/C19H24N2O/c1-4-21(5-2)18-12-10-17(11-13-18)20-19(22)14-16-8-6-15(3)7-9-16/h6-13H,4-5,14H2,1-3H3,(H,20,22). The number of rotatable bonds is 6. The van der Waals surface area contributed by atoms with E-state index in [1.54, 1.807) is 0 Å². The minimum absolute atomic E-state index is 0.0134. The minimum Gasteiger partial charge on any atom is -0.372 e. The molecule has 0 unspecified atom stereocenters. The number of carbonyl (C=O) groups is 1. The van der Waals surface area contributed by atoms with Crippen LogP contribution in [0.3, 0.4) is 0 Å². The molecule has 0 spiro atoms. The normalized spacial score (nSPS) is 10.3. The van der Waals surface area contributed by atoms with Gasteiger partial charge < -0.3 is 10.2 Å². The average molecular weight is 296 g/mol. The molecule has 0 heterocycles. The highest BCUT2D eigenvalue weighted by molar-refractivity contribution is 5.92. The summed E-state index contributed by atoms with van der Waals surface area (Å²) in [6.45, 7) is 8.29. The van der Waals surface area contributed by atoms with Crippen LogP contribution in [0, 0.1) is 6.92 Å². The molecule has 0 radical (unpaired) electrons. The van der Waals surface area contributed by atoms with E-state index in [1.807, 2.05) is 43.3 Å². The summed E-state index contributed by atoms with van der Waals surface area (Å²) in [7, 11) is 0. The first-order valence-corrected chi connectivity index (χ1v) is 7.82. The van der Waals surface area contributed by atoms with Crippen LogP contribution < -0.4 is 10.2 Å². The van der Waals surface area contributed by atoms with Gasteiger partial charge in [0.05, 0.1) is 6.42 Å². The van der Waals surface area contributed by atoms with Crippen LogP contribution in [0.15, 0.2) is 48.5 Å². The molecule has 116 valence electrons. The Balaban J connectivity index is 1.95. The molecule has 1 amide bonds. The maximum atomic E-state index is 12.1. The summed E-state index contributed by atoms with van der Waals surface area (Å²) in [5.41, 5.74) is 4.26. The van der Waals surface area contributed by atoms with E-state index in [0.717, 1.165) is 24.3 Å². The zero-order valence-electron chi connectivity index (χ0n) is 13.6. The number of anilines is 2. The molecule has 0 bridgehead atoms. The molecule has 0 aliphatic carbocycles. The zero-order chi connectivity index (χ0) is 15.9. The molecular weight excluding hydrogens is 272 g/mol. The van der Waals surface area contributed by atoms with Crippen molar-refractivity contribution in [3.8, 4) is 0 Å². The lowest BCUT2D eigenvalue weighted by Gasteiger charge is -2.21. The van der Waals surface area contributed by atoms with E-state index in [0.29, 0.717) is 6.42 Å². The number of benzene rings is 2. The van der Waals surface area contributed by atoms with Crippen LogP contribution in [0.5, 0.6) is 0 Å². The zero-order valence-corrected chi connectivity index (χ0v) is 13.6. The predicted octanol–water partition coefficient (Wildman–Crippen LogP) is 4.02. The maximum absolute atomic E-state index is 12.1. The molecule has 2 rings (SSSR count). The molecule has 0 saturated carbocycles. The molecule has 0 saturated heterocycles. The quantitative estimate of drug-likeness (QED) is 0.873. The van der Waals surface area contributed by atoms with Crippen molar-refractivity contribution in [3.63, 3.8) is 0 Å². The second-order valence-corrected chi connectivity index (χ2v) is 5.43. The highest BCUT2D eigenvalue weighted by Gasteiger charge is 2.05. The summed E-state index contributed by atoms with van der Waals surface area (Å²) < 4.78 is 0. The van der Waals surface area contributed by atoms with E-state index >= 15 is 0 Å². The van der Waals surface area contributed by atoms with Crippen molar-refractivity contribution in [2.75, 3.05) is 23.3 Å². The SMILES string of the molecule is CCN(CC)c1ccc(NC(=O)Cc2ccc(C)cc2)cc1. The van der Waals surface area contributed by atoms with E-state index in [9.17, 15) is 4.79 Å². The van der Waals surface area contributed by atoms with Gasteiger partial charge in [0.15, 0.2) is 0 Å². The van der Waals surface area contributed by atoms with Gasteiger partial charge in [-0.1, -0.05) is 29.8 Å². The Labute approximate surface area is 133 Å². The molecule has 0 aromatic heterocycles. The maximum Gasteiger partial charge on any atom is 0.228 e. The van der Waals surface area contributed by atoms with Gasteiger partial charge in [0.25, 0.3) is 0 Å². The lowest BCUT2D eigenvalue weighted by molar-refractivity contribution is -0.115. The first-order valence-electron chi connectivity index (χ1n) is 7.82. The molecule has 2 aromatic rings. The average Bonchev–Trinajstić information content (AvgIpc) is 2.52. The summed E-state index contributed by atoms with van der Waals surface area (Å²) in [5, 5.41) is 2.95. The first kappa shape index (κ1) is 16.1. The largest absolute Gasteiger partial charge is 0.372 e. The van der Waals surface area contributed by atoms with Crippen molar-refractivity contribution >= 4 is 17.3 Å². The van der Waals surface area contributed by atoms with Gasteiger partial charge >= 0.3 is 0 Å². The Kier molecular flexibility index (Phi) is 5.59. The van der Waals surface area contributed by atoms with E-state index in [4.69, 9.17) is 0 Å². The summed E-state index contributed by atoms with van der Waals surface area (Å²) in [4.78, 5) is 14.4. The van der Waals surface area contributed by atoms with Crippen molar-refractivity contribution in [3.05, 3.63) is 59.7 Å². The third-order valence-corrected chi connectivity index (χ3v) is 3.76. The summed E-state index contributed by atoms with van der Waals surface area (Å²) >= 11 is 0. The second-order valence-electron chi connectivity index (χ2n) is 5.43. The molecule has 2 aromatic carbocycles. The van der Waals surface area contributed by atoms with Crippen LogP contribution in [0.4, 0.5) is 11.4 Å². The molecule has 0 aliphatic heterocycles. The lowest BCUT2D eigenvalue weighted by Crippen LogP contribution is -2.21. The van der Waals surface area contributed by atoms with Gasteiger partial charge in [-0.3, -0.25) is 4.79 Å². The van der Waals surface area contributed by atoms with Gasteiger partial charge in [0.1, 0.15) is 0 Å². The molecule has 22 heavy (non-hydrogen) atoms. The number of nitrogens with one attached hydrogen (secondary N) is 1. The highest BCUT2D eigenvalue weighted by Crippen LogP contribution is 2.18. The highest BCUT2D eigenvalue weighted by atomic mass is 16.1. The third kappa shape index (κ3) is 4.35. The Morgan fingerprint density at radius 1 is 0.955 bits per heavy atom. The number of hydrogen-bond donors (Lipinski definition) is 1. The Morgan fingerprint density at radius 2 is 1.55 bits per heavy atom. The Bertz CT molecular complexity index is 598. The molecule has 0 aliphatic rings. The predicted molar refractivity (Wildman–Crippen MR) is 93.5 cm³/mol. The monoisotopic (exact) mass is 296 g/mol. The van der Waals surface area contributed by atoms with Crippen molar-refractivity contribution in [2.24, 2.45) is 0 Å². The molecule has 0 atom stereocenters. The summed E-state index contributed by atoms with van der Waals surface area (Å²) in [5.74, 6) is 0.0134. The molecule has 0 fully saturated rings. The number of nitrogens with zero attached hydrogens (tertiary/aromatic N) is 1. The van der Waals surface area contributed by atoms with E-state index in [1.165, 1.54) is 11.3 Å². The number of amides is 1. The fourth-order valence-electron chi connectivity index (χ4n) is 2.44. The Hall–Kier alpha value is -2.29. The van der Waals surface area contributed by atoms with Gasteiger partial charge in [-0.2, -0.15) is 0 Å². The van der Waals surface area contributed by atoms with Crippen LogP contribution >= 0.6 is 0 Å². The van der Waals surface area contributed by atoms with Crippen LogP contribution in [-0.4, -0.2) is 19.0 Å². The molecule has 3 nitrogen and oxygen atoms in total. The third-order valence-electron chi connectivity index (χ3n) is 3.76. The van der Waals surface area contributed by atoms with Crippen molar-refractivity contribution in [1.29, 1.82) is 0 Å². The second kappa shape index (κ2) is 7.64. The summed E-state index contributed by atoms with van der Waals surface area (Å²) in [6, 6.07) is 16.1. The van der Waals surface area contributed by atoms with E-state index in [-0.39, 0.29) is 5.91 Å². The Morgan fingerprint density at radius 3 is 2.09 bits per heavy atom. The topological polar surface area (TPSA) is 32.3 Å². The number of hydrogen-bond acceptors (Lipinski definition) is 2. The molecule has 1 N–H and O–H groups in total. The molecular formula is C19H24N2O. The lowest BCUT2D eigenvalue weighted by atomic mass is 10.1. The van der Waals surface area contributed by atoms with Crippen LogP contribution in [0.1, 0.15) is 25.0 Å². The number of aryl methyl sites for hydroxylation is 1. The van der Waals surface area contributed by atoms with Gasteiger partial charge in [-0.25, -0.2) is 0 Å². The van der Waals surface area contributed by atoms with Crippen LogP contribution in [0.2, 0.25) is 0 Å².